The molecule has 0 radical (unpaired) electrons. The van der Waals surface area contributed by atoms with E-state index in [1.807, 2.05) is 26.0 Å². The monoisotopic (exact) mass is 523 g/mol. The molecule has 0 bridgehead atoms. The van der Waals surface area contributed by atoms with Crippen molar-refractivity contribution in [2.24, 2.45) is 0 Å². The molecule has 0 unspecified atom stereocenters. The molecule has 9 heteroatoms. The van der Waals surface area contributed by atoms with Crippen molar-refractivity contribution in [3.05, 3.63) is 90.5 Å². The molecule has 0 saturated carbocycles. The summed E-state index contributed by atoms with van der Waals surface area (Å²) in [6.45, 7) is 3.71. The highest BCUT2D eigenvalue weighted by Gasteiger charge is 2.33. The van der Waals surface area contributed by atoms with Crippen LogP contribution in [-0.2, 0) is 26.2 Å². The number of amides is 2. The number of carbonyl (C=O) groups excluding carboxylic acids is 2. The number of carbonyl (C=O) groups is 2. The third-order valence-corrected chi connectivity index (χ3v) is 7.69. The van der Waals surface area contributed by atoms with E-state index in [-0.39, 0.29) is 17.3 Å². The molecule has 0 heterocycles. The lowest BCUT2D eigenvalue weighted by Crippen LogP contribution is -2.52. The number of benzene rings is 3. The van der Waals surface area contributed by atoms with E-state index in [1.165, 1.54) is 17.0 Å². The zero-order valence-corrected chi connectivity index (χ0v) is 22.1. The Labute approximate surface area is 218 Å². The van der Waals surface area contributed by atoms with E-state index < -0.39 is 28.5 Å². The van der Waals surface area contributed by atoms with Crippen LogP contribution in [-0.4, -0.2) is 51.4 Å². The third-order valence-electron chi connectivity index (χ3n) is 5.90. The number of anilines is 1. The summed E-state index contributed by atoms with van der Waals surface area (Å²) in [5, 5.41) is 2.79. The Balaban J connectivity index is 2.01. The first-order chi connectivity index (χ1) is 17.8. The van der Waals surface area contributed by atoms with Gasteiger partial charge in [0.2, 0.25) is 11.8 Å². The lowest BCUT2D eigenvalue weighted by Gasteiger charge is -2.33. The van der Waals surface area contributed by atoms with Crippen LogP contribution in [0.5, 0.6) is 5.75 Å². The Morgan fingerprint density at radius 3 is 2.03 bits per heavy atom. The van der Waals surface area contributed by atoms with E-state index in [2.05, 4.69) is 5.32 Å². The van der Waals surface area contributed by atoms with Gasteiger partial charge in [0.05, 0.1) is 17.7 Å². The number of methoxy groups -OCH3 is 1. The van der Waals surface area contributed by atoms with Crippen LogP contribution >= 0.6 is 0 Å². The first kappa shape index (κ1) is 27.7. The van der Waals surface area contributed by atoms with E-state index in [9.17, 15) is 18.0 Å². The predicted molar refractivity (Wildman–Crippen MR) is 144 cm³/mol. The SMILES string of the molecule is CCNC(=O)[C@@H](CC)N(Cc1ccc(OC)cc1)C(=O)CN(c1ccccc1)S(=O)(=O)c1ccccc1. The van der Waals surface area contributed by atoms with Gasteiger partial charge < -0.3 is 15.0 Å². The van der Waals surface area contributed by atoms with E-state index in [1.54, 1.807) is 67.8 Å². The summed E-state index contributed by atoms with van der Waals surface area (Å²) in [4.78, 5) is 28.3. The smallest absolute Gasteiger partial charge is 0.264 e. The first-order valence-electron chi connectivity index (χ1n) is 12.1. The molecule has 0 aliphatic rings. The van der Waals surface area contributed by atoms with Crippen molar-refractivity contribution in [3.8, 4) is 5.75 Å². The van der Waals surface area contributed by atoms with Crippen LogP contribution in [0.25, 0.3) is 0 Å². The Kier molecular flexibility index (Phi) is 9.68. The van der Waals surface area contributed by atoms with Crippen molar-refractivity contribution in [1.29, 1.82) is 0 Å². The Bertz CT molecular complexity index is 1270. The van der Waals surface area contributed by atoms with Crippen molar-refractivity contribution in [2.75, 3.05) is 24.5 Å². The van der Waals surface area contributed by atoms with Gasteiger partial charge in [-0.3, -0.25) is 13.9 Å². The van der Waals surface area contributed by atoms with Crippen LogP contribution in [0.2, 0.25) is 0 Å². The van der Waals surface area contributed by atoms with E-state index in [0.29, 0.717) is 24.4 Å². The minimum Gasteiger partial charge on any atom is -0.497 e. The van der Waals surface area contributed by atoms with E-state index in [4.69, 9.17) is 4.74 Å². The van der Waals surface area contributed by atoms with Gasteiger partial charge >= 0.3 is 0 Å². The maximum atomic E-state index is 13.9. The predicted octanol–water partition coefficient (Wildman–Crippen LogP) is 3.83. The molecule has 0 aromatic heterocycles. The topological polar surface area (TPSA) is 96.0 Å². The molecule has 3 aromatic rings. The zero-order chi connectivity index (χ0) is 26.8. The molecule has 0 fully saturated rings. The Morgan fingerprint density at radius 1 is 0.892 bits per heavy atom. The standard InChI is InChI=1S/C28H33N3O5S/c1-4-26(28(33)29-5-2)30(20-22-16-18-24(36-3)19-17-22)27(32)21-31(23-12-8-6-9-13-23)37(34,35)25-14-10-7-11-15-25/h6-19,26H,4-5,20-21H2,1-3H3,(H,29,33)/t26-/m1/s1. The number of nitrogens with zero attached hydrogens (tertiary/aromatic N) is 2. The van der Waals surface area contributed by atoms with Crippen molar-refractivity contribution >= 4 is 27.5 Å². The van der Waals surface area contributed by atoms with Gasteiger partial charge in [-0.2, -0.15) is 0 Å². The number of hydrogen-bond acceptors (Lipinski definition) is 5. The molecule has 1 N–H and O–H groups in total. The van der Waals surface area contributed by atoms with Crippen LogP contribution in [0.15, 0.2) is 89.8 Å². The zero-order valence-electron chi connectivity index (χ0n) is 21.3. The number of hydrogen-bond donors (Lipinski definition) is 1. The van der Waals surface area contributed by atoms with Crippen LogP contribution in [0, 0.1) is 0 Å². The second-order valence-corrected chi connectivity index (χ2v) is 10.2. The summed E-state index contributed by atoms with van der Waals surface area (Å²) < 4.78 is 33.6. The number of likely N-dealkylation sites (N-methyl/N-ethyl adjacent to an activating group) is 1. The molecule has 0 aliphatic carbocycles. The highest BCUT2D eigenvalue weighted by atomic mass is 32.2. The van der Waals surface area contributed by atoms with Crippen LogP contribution < -0.4 is 14.4 Å². The quantitative estimate of drug-likeness (QED) is 0.389. The van der Waals surface area contributed by atoms with Crippen LogP contribution in [0.3, 0.4) is 0 Å². The molecule has 0 spiro atoms. The van der Waals surface area contributed by atoms with Crippen LogP contribution in [0.1, 0.15) is 25.8 Å². The molecule has 0 aliphatic heterocycles. The summed E-state index contributed by atoms with van der Waals surface area (Å²) in [6.07, 6.45) is 0.366. The molecule has 0 saturated heterocycles. The molecule has 8 nitrogen and oxygen atoms in total. The van der Waals surface area contributed by atoms with Crippen molar-refractivity contribution in [2.45, 2.75) is 37.8 Å². The number of ether oxygens (including phenoxy) is 1. The highest BCUT2D eigenvalue weighted by molar-refractivity contribution is 7.92. The van der Waals surface area contributed by atoms with Crippen molar-refractivity contribution in [3.63, 3.8) is 0 Å². The maximum absolute atomic E-state index is 13.9. The Morgan fingerprint density at radius 2 is 1.49 bits per heavy atom. The second kappa shape index (κ2) is 12.9. The summed E-state index contributed by atoms with van der Waals surface area (Å²) in [6, 6.07) is 22.9. The largest absolute Gasteiger partial charge is 0.497 e. The Hall–Kier alpha value is -3.85. The number of para-hydroxylation sites is 1. The molecule has 3 rings (SSSR count). The fourth-order valence-corrected chi connectivity index (χ4v) is 5.42. The minimum absolute atomic E-state index is 0.0733. The van der Waals surface area contributed by atoms with Gasteiger partial charge in [-0.25, -0.2) is 8.42 Å². The maximum Gasteiger partial charge on any atom is 0.264 e. The van der Waals surface area contributed by atoms with Crippen molar-refractivity contribution in [1.82, 2.24) is 10.2 Å². The normalized spacial score (nSPS) is 11.9. The lowest BCUT2D eigenvalue weighted by atomic mass is 10.1. The molecular formula is C28H33N3O5S. The highest BCUT2D eigenvalue weighted by Crippen LogP contribution is 2.24. The second-order valence-electron chi connectivity index (χ2n) is 8.35. The van der Waals surface area contributed by atoms with Crippen LogP contribution in [0.4, 0.5) is 5.69 Å². The van der Waals surface area contributed by atoms with E-state index >= 15 is 0 Å². The van der Waals surface area contributed by atoms with Gasteiger partial charge in [0.15, 0.2) is 0 Å². The molecule has 2 amide bonds. The first-order valence-corrected chi connectivity index (χ1v) is 13.6. The lowest BCUT2D eigenvalue weighted by molar-refractivity contribution is -0.140. The van der Waals surface area contributed by atoms with E-state index in [0.717, 1.165) is 9.87 Å². The van der Waals surface area contributed by atoms with Gasteiger partial charge in [-0.1, -0.05) is 55.5 Å². The summed E-state index contributed by atoms with van der Waals surface area (Å²) in [5.41, 5.74) is 1.14. The number of rotatable bonds is 12. The average Bonchev–Trinajstić information content (AvgIpc) is 2.93. The van der Waals surface area contributed by atoms with Gasteiger partial charge in [0.1, 0.15) is 18.3 Å². The van der Waals surface area contributed by atoms with Gasteiger partial charge in [-0.05, 0) is 55.3 Å². The summed E-state index contributed by atoms with van der Waals surface area (Å²) >= 11 is 0. The molecule has 1 atom stereocenters. The molecule has 3 aromatic carbocycles. The molecule has 196 valence electrons. The number of nitrogens with one attached hydrogen (secondary N) is 1. The van der Waals surface area contributed by atoms with Gasteiger partial charge in [0.25, 0.3) is 10.0 Å². The van der Waals surface area contributed by atoms with Gasteiger partial charge in [-0.15, -0.1) is 0 Å². The fraction of sp³-hybridized carbons (Fsp3) is 0.286. The summed E-state index contributed by atoms with van der Waals surface area (Å²) in [5.74, 6) is -0.108. The third kappa shape index (κ3) is 6.89. The minimum atomic E-state index is -4.06. The van der Waals surface area contributed by atoms with Crippen molar-refractivity contribution < 1.29 is 22.7 Å². The molecule has 37 heavy (non-hydrogen) atoms. The summed E-state index contributed by atoms with van der Waals surface area (Å²) in [7, 11) is -2.49. The molecular weight excluding hydrogens is 490 g/mol. The fourth-order valence-electron chi connectivity index (χ4n) is 3.98. The number of sulfonamides is 1. The average molecular weight is 524 g/mol. The van der Waals surface area contributed by atoms with Gasteiger partial charge in [0, 0.05) is 13.1 Å².